The summed E-state index contributed by atoms with van der Waals surface area (Å²) in [6.07, 6.45) is 2.73. The number of piperidine rings is 1. The average Bonchev–Trinajstić information content (AvgIpc) is 2.43. The normalized spacial score (nSPS) is 23.0. The third kappa shape index (κ3) is 2.41. The Balaban J connectivity index is 1.94. The minimum Gasteiger partial charge on any atom is -0.329 e. The summed E-state index contributed by atoms with van der Waals surface area (Å²) in [4.78, 5) is 28.1. The van der Waals surface area contributed by atoms with Gasteiger partial charge in [-0.05, 0) is 60.1 Å². The maximum Gasteiger partial charge on any atom is 0.250 e. The predicted octanol–water partition coefficient (Wildman–Crippen LogP) is 2.67. The number of carbonyl (C=O) groups excluding carboxylic acids is 2. The zero-order chi connectivity index (χ0) is 14.3. The quantitative estimate of drug-likeness (QED) is 0.675. The van der Waals surface area contributed by atoms with Gasteiger partial charge < -0.3 is 4.90 Å². The standard InChI is InChI=1S/C14H14ClIN2O2/c15-10-7-9(16)4-5-11(10)18-8-13(19)17-6-2-1-3-12(17)14(18)20/h4-5,7,12H,1-3,6,8H2. The molecule has 0 N–H and O–H groups in total. The van der Waals surface area contributed by atoms with Gasteiger partial charge in [0.2, 0.25) is 11.8 Å². The van der Waals surface area contributed by atoms with E-state index in [9.17, 15) is 9.59 Å². The van der Waals surface area contributed by atoms with Crippen molar-refractivity contribution in [1.82, 2.24) is 4.90 Å². The van der Waals surface area contributed by atoms with Gasteiger partial charge in [-0.15, -0.1) is 0 Å². The summed E-state index contributed by atoms with van der Waals surface area (Å²) in [6.45, 7) is 0.791. The molecule has 0 spiro atoms. The first-order valence-corrected chi connectivity index (χ1v) is 8.09. The number of anilines is 1. The number of nitrogens with zero attached hydrogens (tertiary/aromatic N) is 2. The number of rotatable bonds is 1. The van der Waals surface area contributed by atoms with E-state index >= 15 is 0 Å². The maximum atomic E-state index is 12.6. The first-order chi connectivity index (χ1) is 9.58. The van der Waals surface area contributed by atoms with Crippen LogP contribution in [0.4, 0.5) is 5.69 Å². The molecule has 2 aliphatic heterocycles. The summed E-state index contributed by atoms with van der Waals surface area (Å²) in [5.41, 5.74) is 0.635. The molecule has 2 heterocycles. The molecule has 3 rings (SSSR count). The van der Waals surface area contributed by atoms with Crippen LogP contribution in [0.25, 0.3) is 0 Å². The number of piperazine rings is 1. The van der Waals surface area contributed by atoms with Crippen LogP contribution < -0.4 is 4.90 Å². The molecule has 106 valence electrons. The van der Waals surface area contributed by atoms with Crippen molar-refractivity contribution in [3.8, 4) is 0 Å². The smallest absolute Gasteiger partial charge is 0.250 e. The fourth-order valence-electron chi connectivity index (χ4n) is 2.87. The number of hydrogen-bond acceptors (Lipinski definition) is 2. The van der Waals surface area contributed by atoms with Crippen LogP contribution in [0.2, 0.25) is 5.02 Å². The molecule has 0 aromatic heterocycles. The minimum absolute atomic E-state index is 0.00703. The first-order valence-electron chi connectivity index (χ1n) is 6.64. The minimum atomic E-state index is -0.305. The zero-order valence-corrected chi connectivity index (χ0v) is 13.7. The van der Waals surface area contributed by atoms with E-state index in [0.29, 0.717) is 17.3 Å². The van der Waals surface area contributed by atoms with Crippen LogP contribution in [0, 0.1) is 3.57 Å². The average molecular weight is 405 g/mol. The lowest BCUT2D eigenvalue weighted by molar-refractivity contribution is -0.144. The molecule has 0 radical (unpaired) electrons. The first kappa shape index (κ1) is 14.1. The fourth-order valence-corrected chi connectivity index (χ4v) is 3.83. The van der Waals surface area contributed by atoms with E-state index in [1.807, 2.05) is 18.2 Å². The number of hydrogen-bond donors (Lipinski definition) is 0. The van der Waals surface area contributed by atoms with Crippen LogP contribution in [0.1, 0.15) is 19.3 Å². The molecule has 2 saturated heterocycles. The van der Waals surface area contributed by atoms with Crippen molar-refractivity contribution in [3.05, 3.63) is 26.8 Å². The summed E-state index contributed by atoms with van der Waals surface area (Å²) in [5, 5.41) is 0.516. The molecular weight excluding hydrogens is 391 g/mol. The van der Waals surface area contributed by atoms with E-state index < -0.39 is 0 Å². The highest BCUT2D eigenvalue weighted by Gasteiger charge is 2.41. The molecule has 0 saturated carbocycles. The summed E-state index contributed by atoms with van der Waals surface area (Å²) >= 11 is 8.40. The van der Waals surface area contributed by atoms with Crippen molar-refractivity contribution >= 4 is 51.7 Å². The van der Waals surface area contributed by atoms with Crippen molar-refractivity contribution in [1.29, 1.82) is 0 Å². The van der Waals surface area contributed by atoms with Crippen LogP contribution in [0.15, 0.2) is 18.2 Å². The van der Waals surface area contributed by atoms with E-state index in [1.54, 1.807) is 4.90 Å². The van der Waals surface area contributed by atoms with E-state index in [0.717, 1.165) is 22.8 Å². The van der Waals surface area contributed by atoms with E-state index in [1.165, 1.54) is 4.90 Å². The van der Waals surface area contributed by atoms with E-state index in [2.05, 4.69) is 22.6 Å². The Morgan fingerprint density at radius 1 is 1.25 bits per heavy atom. The largest absolute Gasteiger partial charge is 0.329 e. The van der Waals surface area contributed by atoms with Gasteiger partial charge in [-0.1, -0.05) is 11.6 Å². The molecule has 2 aliphatic rings. The zero-order valence-electron chi connectivity index (χ0n) is 10.8. The van der Waals surface area contributed by atoms with E-state index in [4.69, 9.17) is 11.6 Å². The van der Waals surface area contributed by atoms with Gasteiger partial charge in [-0.25, -0.2) is 0 Å². The molecule has 1 aromatic rings. The molecule has 4 nitrogen and oxygen atoms in total. The van der Waals surface area contributed by atoms with Crippen LogP contribution in [-0.4, -0.2) is 35.8 Å². The fraction of sp³-hybridized carbons (Fsp3) is 0.429. The second-order valence-corrected chi connectivity index (χ2v) is 6.77. The van der Waals surface area contributed by atoms with Crippen molar-refractivity contribution in [2.24, 2.45) is 0 Å². The molecule has 2 fully saturated rings. The van der Waals surface area contributed by atoms with Crippen LogP contribution >= 0.6 is 34.2 Å². The molecule has 2 amide bonds. The van der Waals surface area contributed by atoms with Gasteiger partial charge in [0, 0.05) is 10.1 Å². The number of amides is 2. The molecule has 20 heavy (non-hydrogen) atoms. The lowest BCUT2D eigenvalue weighted by Crippen LogP contribution is -2.61. The van der Waals surface area contributed by atoms with Gasteiger partial charge >= 0.3 is 0 Å². The van der Waals surface area contributed by atoms with Crippen molar-refractivity contribution in [3.63, 3.8) is 0 Å². The Kier molecular flexibility index (Phi) is 3.90. The van der Waals surface area contributed by atoms with Crippen LogP contribution in [0.5, 0.6) is 0 Å². The van der Waals surface area contributed by atoms with Crippen molar-refractivity contribution in [2.75, 3.05) is 18.0 Å². The summed E-state index contributed by atoms with van der Waals surface area (Å²) in [7, 11) is 0. The van der Waals surface area contributed by atoms with Crippen molar-refractivity contribution < 1.29 is 9.59 Å². The maximum absolute atomic E-state index is 12.6. The molecule has 1 atom stereocenters. The Hall–Kier alpha value is -0.820. The Morgan fingerprint density at radius 2 is 2.05 bits per heavy atom. The van der Waals surface area contributed by atoms with Gasteiger partial charge in [0.05, 0.1) is 10.7 Å². The number of benzene rings is 1. The Labute approximate surface area is 136 Å². The van der Waals surface area contributed by atoms with Crippen LogP contribution in [-0.2, 0) is 9.59 Å². The highest BCUT2D eigenvalue weighted by molar-refractivity contribution is 14.1. The topological polar surface area (TPSA) is 40.6 Å². The highest BCUT2D eigenvalue weighted by Crippen LogP contribution is 2.32. The van der Waals surface area contributed by atoms with E-state index in [-0.39, 0.29) is 24.4 Å². The van der Waals surface area contributed by atoms with Gasteiger partial charge in [0.1, 0.15) is 12.6 Å². The molecular formula is C14H14ClIN2O2. The lowest BCUT2D eigenvalue weighted by atomic mass is 9.98. The lowest BCUT2D eigenvalue weighted by Gasteiger charge is -2.42. The van der Waals surface area contributed by atoms with Gasteiger partial charge in [-0.2, -0.15) is 0 Å². The Bertz CT molecular complexity index is 578. The number of fused-ring (bicyclic) bond motifs is 1. The third-order valence-corrected chi connectivity index (χ3v) is 4.84. The monoisotopic (exact) mass is 404 g/mol. The summed E-state index contributed by atoms with van der Waals surface area (Å²) < 4.78 is 1.01. The SMILES string of the molecule is O=C1C2CCCCN2C(=O)CN1c1ccc(I)cc1Cl. The molecule has 0 aliphatic carbocycles. The Morgan fingerprint density at radius 3 is 2.80 bits per heavy atom. The van der Waals surface area contributed by atoms with Gasteiger partial charge in [0.25, 0.3) is 0 Å². The van der Waals surface area contributed by atoms with Gasteiger partial charge in [0.15, 0.2) is 0 Å². The summed E-state index contributed by atoms with van der Waals surface area (Å²) in [5.74, 6) is 0.0105. The predicted molar refractivity (Wildman–Crippen MR) is 85.9 cm³/mol. The van der Waals surface area contributed by atoms with Crippen LogP contribution in [0.3, 0.4) is 0 Å². The van der Waals surface area contributed by atoms with Gasteiger partial charge in [-0.3, -0.25) is 14.5 Å². The molecule has 1 unspecified atom stereocenters. The summed E-state index contributed by atoms with van der Waals surface area (Å²) in [6, 6.07) is 5.21. The molecule has 6 heteroatoms. The molecule has 0 bridgehead atoms. The number of carbonyl (C=O) groups is 2. The highest BCUT2D eigenvalue weighted by atomic mass is 127. The second-order valence-electron chi connectivity index (χ2n) is 5.12. The third-order valence-electron chi connectivity index (χ3n) is 3.87. The second kappa shape index (κ2) is 5.52. The number of halogens is 2. The van der Waals surface area contributed by atoms with Crippen molar-refractivity contribution in [2.45, 2.75) is 25.3 Å². The molecule has 1 aromatic carbocycles.